The number of carbonyl (C=O) groups excluding carboxylic acids is 2. The first-order valence-corrected chi connectivity index (χ1v) is 22.5. The largest absolute Gasteiger partial charge is 0.756 e. The molecule has 0 radical (unpaired) electrons. The van der Waals surface area contributed by atoms with Crippen molar-refractivity contribution in [3.05, 3.63) is 60.8 Å². The summed E-state index contributed by atoms with van der Waals surface area (Å²) in [5, 5.41) is 0. The van der Waals surface area contributed by atoms with Gasteiger partial charge in [-0.3, -0.25) is 14.2 Å². The fourth-order valence-corrected chi connectivity index (χ4v) is 5.89. The highest BCUT2D eigenvalue weighted by Crippen LogP contribution is 2.38. The maximum atomic E-state index is 12.6. The second-order valence-corrected chi connectivity index (χ2v) is 16.4. The van der Waals surface area contributed by atoms with Gasteiger partial charge in [0.1, 0.15) is 19.8 Å². The van der Waals surface area contributed by atoms with Gasteiger partial charge in [0, 0.05) is 12.8 Å². The maximum absolute atomic E-state index is 12.6. The van der Waals surface area contributed by atoms with Crippen LogP contribution in [0.4, 0.5) is 0 Å². The molecule has 312 valence electrons. The van der Waals surface area contributed by atoms with E-state index in [-0.39, 0.29) is 26.1 Å². The molecule has 0 spiro atoms. The number of likely N-dealkylation sites (N-methyl/N-ethyl adjacent to an activating group) is 1. The first-order chi connectivity index (χ1) is 26.0. The number of esters is 2. The molecule has 0 aromatic carbocycles. The summed E-state index contributed by atoms with van der Waals surface area (Å²) >= 11 is 0. The third kappa shape index (κ3) is 39.4. The van der Waals surface area contributed by atoms with Gasteiger partial charge in [0.2, 0.25) is 0 Å². The Kier molecular flexibility index (Phi) is 34.8. The molecule has 0 aromatic rings. The quantitative estimate of drug-likeness (QED) is 0.0201. The van der Waals surface area contributed by atoms with Gasteiger partial charge >= 0.3 is 11.9 Å². The van der Waals surface area contributed by atoms with Gasteiger partial charge in [0.15, 0.2) is 6.10 Å². The molecule has 0 aliphatic heterocycles. The van der Waals surface area contributed by atoms with Crippen LogP contribution in [0.1, 0.15) is 155 Å². The van der Waals surface area contributed by atoms with Crippen molar-refractivity contribution in [3.63, 3.8) is 0 Å². The predicted octanol–water partition coefficient (Wildman–Crippen LogP) is 11.1. The van der Waals surface area contributed by atoms with E-state index in [2.05, 4.69) is 74.6 Å². The summed E-state index contributed by atoms with van der Waals surface area (Å²) in [5.41, 5.74) is 0. The molecule has 0 fully saturated rings. The van der Waals surface area contributed by atoms with Gasteiger partial charge in [0.05, 0.1) is 27.7 Å². The molecular formula is C44H78NO8P. The van der Waals surface area contributed by atoms with Crippen LogP contribution in [-0.2, 0) is 32.7 Å². The SMILES string of the molecule is CCCCC/C=C/C/C=C/C/C=C/CCCCC(=O)O[C@H](COC(=O)CCCC/C=C/C/C=C/CCCCCCCC)COP(=O)([O-])OCC[N+](C)(C)C. The number of quaternary nitrogens is 1. The molecule has 10 heteroatoms. The smallest absolute Gasteiger partial charge is 0.306 e. The minimum atomic E-state index is -4.64. The molecule has 1 unspecified atom stereocenters. The molecule has 0 amide bonds. The average Bonchev–Trinajstić information content (AvgIpc) is 3.12. The molecule has 0 heterocycles. The van der Waals surface area contributed by atoms with Crippen LogP contribution in [0.25, 0.3) is 0 Å². The molecule has 2 atom stereocenters. The van der Waals surface area contributed by atoms with E-state index < -0.39 is 32.5 Å². The Morgan fingerprint density at radius 1 is 0.574 bits per heavy atom. The first-order valence-electron chi connectivity index (χ1n) is 21.0. The Labute approximate surface area is 330 Å². The van der Waals surface area contributed by atoms with Crippen molar-refractivity contribution in [2.24, 2.45) is 0 Å². The fraction of sp³-hybridized carbons (Fsp3) is 0.727. The van der Waals surface area contributed by atoms with Crippen molar-refractivity contribution < 1.29 is 42.1 Å². The summed E-state index contributed by atoms with van der Waals surface area (Å²) in [6.45, 7) is 4.08. The van der Waals surface area contributed by atoms with Crippen molar-refractivity contribution in [3.8, 4) is 0 Å². The molecule has 0 rings (SSSR count). The molecular weight excluding hydrogens is 701 g/mol. The fourth-order valence-electron chi connectivity index (χ4n) is 5.16. The molecule has 0 aliphatic rings. The highest BCUT2D eigenvalue weighted by atomic mass is 31.2. The van der Waals surface area contributed by atoms with E-state index >= 15 is 0 Å². The lowest BCUT2D eigenvalue weighted by Gasteiger charge is -2.28. The molecule has 0 aliphatic carbocycles. The van der Waals surface area contributed by atoms with E-state index in [0.29, 0.717) is 23.9 Å². The Bertz CT molecular complexity index is 1110. The zero-order chi connectivity index (χ0) is 40.0. The number of carbonyl (C=O) groups is 2. The van der Waals surface area contributed by atoms with Gasteiger partial charge in [-0.2, -0.15) is 0 Å². The van der Waals surface area contributed by atoms with Crippen molar-refractivity contribution >= 4 is 19.8 Å². The standard InChI is InChI=1S/C44H78NO8P/c1-6-8-10-12-14-16-18-20-22-24-26-28-30-32-34-36-43(46)50-40-42(41-52-54(48,49)51-39-38-45(3,4)5)53-44(47)37-35-33-31-29-27-25-23-21-19-17-15-13-11-9-7-2/h15,17,20-23,26-29,42H,6-14,16,18-19,24-25,30-41H2,1-5H3/b17-15+,22-20+,23-21+,28-26+,29-27+/t42-/m1/s1. The molecule has 54 heavy (non-hydrogen) atoms. The van der Waals surface area contributed by atoms with Crippen molar-refractivity contribution in [2.45, 2.75) is 161 Å². The zero-order valence-electron chi connectivity index (χ0n) is 34.9. The molecule has 0 bridgehead atoms. The topological polar surface area (TPSA) is 111 Å². The molecule has 0 aromatic heterocycles. The number of nitrogens with zero attached hydrogens (tertiary/aromatic N) is 1. The number of ether oxygens (including phenoxy) is 2. The zero-order valence-corrected chi connectivity index (χ0v) is 35.8. The number of hydrogen-bond donors (Lipinski definition) is 0. The Morgan fingerprint density at radius 2 is 1.00 bits per heavy atom. The molecule has 0 saturated carbocycles. The summed E-state index contributed by atoms with van der Waals surface area (Å²) in [6, 6.07) is 0. The van der Waals surface area contributed by atoms with Crippen LogP contribution in [0.5, 0.6) is 0 Å². The number of allylic oxidation sites excluding steroid dienone is 10. The van der Waals surface area contributed by atoms with Crippen LogP contribution >= 0.6 is 7.82 Å². The van der Waals surface area contributed by atoms with Gasteiger partial charge < -0.3 is 27.9 Å². The highest BCUT2D eigenvalue weighted by molar-refractivity contribution is 7.45. The number of unbranched alkanes of at least 4 members (excludes halogenated alkanes) is 13. The van der Waals surface area contributed by atoms with E-state index in [1.54, 1.807) is 0 Å². The number of phosphoric ester groups is 1. The molecule has 9 nitrogen and oxygen atoms in total. The number of hydrogen-bond acceptors (Lipinski definition) is 8. The summed E-state index contributed by atoms with van der Waals surface area (Å²) in [6.07, 6.45) is 42.5. The lowest BCUT2D eigenvalue weighted by atomic mass is 10.1. The second kappa shape index (κ2) is 36.4. The second-order valence-electron chi connectivity index (χ2n) is 15.0. The van der Waals surface area contributed by atoms with Crippen molar-refractivity contribution in [1.29, 1.82) is 0 Å². The van der Waals surface area contributed by atoms with Gasteiger partial charge in [-0.05, 0) is 83.5 Å². The lowest BCUT2D eigenvalue weighted by Crippen LogP contribution is -2.37. The predicted molar refractivity (Wildman–Crippen MR) is 222 cm³/mol. The Hall–Kier alpha value is -2.29. The van der Waals surface area contributed by atoms with Gasteiger partial charge in [0.25, 0.3) is 7.82 Å². The van der Waals surface area contributed by atoms with Crippen LogP contribution < -0.4 is 4.89 Å². The van der Waals surface area contributed by atoms with E-state index in [9.17, 15) is 19.0 Å². The third-order valence-corrected chi connectivity index (χ3v) is 9.47. The summed E-state index contributed by atoms with van der Waals surface area (Å²) in [7, 11) is 1.11. The normalized spacial score (nSPS) is 14.3. The lowest BCUT2D eigenvalue weighted by molar-refractivity contribution is -0.870. The van der Waals surface area contributed by atoms with Gasteiger partial charge in [-0.1, -0.05) is 120 Å². The van der Waals surface area contributed by atoms with Crippen molar-refractivity contribution in [1.82, 2.24) is 0 Å². The monoisotopic (exact) mass is 780 g/mol. The minimum absolute atomic E-state index is 0.0455. The minimum Gasteiger partial charge on any atom is -0.756 e. The van der Waals surface area contributed by atoms with E-state index in [1.165, 1.54) is 57.8 Å². The van der Waals surface area contributed by atoms with E-state index in [1.807, 2.05) is 21.1 Å². The third-order valence-electron chi connectivity index (χ3n) is 8.51. The Balaban J connectivity index is 4.53. The summed E-state index contributed by atoms with van der Waals surface area (Å²) in [4.78, 5) is 37.4. The van der Waals surface area contributed by atoms with Crippen molar-refractivity contribution in [2.75, 3.05) is 47.5 Å². The number of phosphoric acid groups is 1. The van der Waals surface area contributed by atoms with Gasteiger partial charge in [-0.25, -0.2) is 0 Å². The van der Waals surface area contributed by atoms with Crippen LogP contribution in [0.15, 0.2) is 60.8 Å². The van der Waals surface area contributed by atoms with E-state index in [4.69, 9.17) is 18.5 Å². The average molecular weight is 780 g/mol. The summed E-state index contributed by atoms with van der Waals surface area (Å²) in [5.74, 6) is -0.923. The molecule has 0 N–H and O–H groups in total. The highest BCUT2D eigenvalue weighted by Gasteiger charge is 2.21. The van der Waals surface area contributed by atoms with Crippen LogP contribution in [0, 0.1) is 0 Å². The van der Waals surface area contributed by atoms with Crippen LogP contribution in [-0.4, -0.2) is 70.0 Å². The van der Waals surface area contributed by atoms with Gasteiger partial charge in [-0.15, -0.1) is 0 Å². The summed E-state index contributed by atoms with van der Waals surface area (Å²) < 4.78 is 33.7. The van der Waals surface area contributed by atoms with E-state index in [0.717, 1.165) is 57.8 Å². The Morgan fingerprint density at radius 3 is 1.52 bits per heavy atom. The molecule has 0 saturated heterocycles. The maximum Gasteiger partial charge on any atom is 0.306 e. The van der Waals surface area contributed by atoms with Crippen LogP contribution in [0.3, 0.4) is 0 Å². The first kappa shape index (κ1) is 51.7. The van der Waals surface area contributed by atoms with Crippen LogP contribution in [0.2, 0.25) is 0 Å². The number of rotatable bonds is 37.